The normalized spacial score (nSPS) is 10.6. The molecule has 0 spiro atoms. The summed E-state index contributed by atoms with van der Waals surface area (Å²) in [4.78, 5) is 36.7. The van der Waals surface area contributed by atoms with Crippen LogP contribution in [0.2, 0.25) is 0 Å². The number of carbonyl (C=O) groups is 3. The van der Waals surface area contributed by atoms with Crippen molar-refractivity contribution in [2.75, 3.05) is 20.3 Å². The van der Waals surface area contributed by atoms with Crippen LogP contribution in [0.25, 0.3) is 0 Å². The summed E-state index contributed by atoms with van der Waals surface area (Å²) in [6, 6.07) is 18.6. The molecule has 9 nitrogen and oxygen atoms in total. The molecule has 0 heterocycles. The molecule has 37 heavy (non-hydrogen) atoms. The smallest absolute Gasteiger partial charge is 0.343 e. The van der Waals surface area contributed by atoms with Crippen molar-refractivity contribution in [1.29, 1.82) is 0 Å². The zero-order valence-corrected chi connectivity index (χ0v) is 20.9. The van der Waals surface area contributed by atoms with Gasteiger partial charge in [-0.15, -0.1) is 0 Å². The molecule has 0 aromatic heterocycles. The van der Waals surface area contributed by atoms with Crippen LogP contribution in [0.1, 0.15) is 45.2 Å². The van der Waals surface area contributed by atoms with E-state index in [1.807, 2.05) is 19.9 Å². The van der Waals surface area contributed by atoms with Crippen LogP contribution in [0.5, 0.6) is 17.2 Å². The van der Waals surface area contributed by atoms with Gasteiger partial charge >= 0.3 is 5.97 Å². The minimum absolute atomic E-state index is 0.228. The number of ether oxygens (including phenoxy) is 3. The van der Waals surface area contributed by atoms with Gasteiger partial charge in [0.05, 0.1) is 32.0 Å². The summed E-state index contributed by atoms with van der Waals surface area (Å²) in [5.41, 5.74) is 4.74. The van der Waals surface area contributed by atoms with Crippen LogP contribution < -0.4 is 25.0 Å². The topological polar surface area (TPSA) is 115 Å². The molecule has 2 N–H and O–H groups in total. The van der Waals surface area contributed by atoms with E-state index >= 15 is 0 Å². The molecule has 0 aliphatic carbocycles. The Kier molecular flexibility index (Phi) is 9.78. The van der Waals surface area contributed by atoms with E-state index in [0.29, 0.717) is 34.8 Å². The Labute approximate surface area is 215 Å². The van der Waals surface area contributed by atoms with E-state index in [4.69, 9.17) is 14.2 Å². The van der Waals surface area contributed by atoms with Gasteiger partial charge in [0.2, 0.25) is 0 Å². The molecule has 0 aliphatic rings. The predicted octanol–water partition coefficient (Wildman–Crippen LogP) is 3.89. The molecule has 0 saturated carbocycles. The fourth-order valence-electron chi connectivity index (χ4n) is 3.18. The number of aryl methyl sites for hydroxylation is 1. The number of rotatable bonds is 11. The second-order valence-corrected chi connectivity index (χ2v) is 8.02. The van der Waals surface area contributed by atoms with Gasteiger partial charge in [0.1, 0.15) is 5.75 Å². The van der Waals surface area contributed by atoms with Crippen LogP contribution in [0.15, 0.2) is 71.8 Å². The molecule has 3 aromatic carbocycles. The Morgan fingerprint density at radius 2 is 1.73 bits per heavy atom. The van der Waals surface area contributed by atoms with E-state index in [1.54, 1.807) is 60.7 Å². The van der Waals surface area contributed by atoms with E-state index < -0.39 is 11.9 Å². The van der Waals surface area contributed by atoms with Crippen molar-refractivity contribution in [3.05, 3.63) is 89.0 Å². The molecule has 0 unspecified atom stereocenters. The average molecular weight is 504 g/mol. The molecule has 0 fully saturated rings. The Balaban J connectivity index is 1.53. The first-order valence-electron chi connectivity index (χ1n) is 11.7. The molecule has 0 atom stereocenters. The quantitative estimate of drug-likeness (QED) is 0.178. The highest BCUT2D eigenvalue weighted by molar-refractivity contribution is 5.96. The fraction of sp³-hybridized carbons (Fsp3) is 0.214. The third-order valence-electron chi connectivity index (χ3n) is 5.05. The Morgan fingerprint density at radius 1 is 0.946 bits per heavy atom. The largest absolute Gasteiger partial charge is 0.494 e. The van der Waals surface area contributed by atoms with Gasteiger partial charge in [-0.1, -0.05) is 24.6 Å². The molecule has 0 saturated heterocycles. The van der Waals surface area contributed by atoms with Gasteiger partial charge in [0.25, 0.3) is 11.8 Å². The van der Waals surface area contributed by atoms with E-state index in [9.17, 15) is 14.4 Å². The number of esters is 1. The highest BCUT2D eigenvalue weighted by Crippen LogP contribution is 2.28. The number of methoxy groups -OCH3 is 1. The standard InChI is InChI=1S/C28H29N3O6/c1-4-14-36-23-11-9-21(10-12-23)28(34)37-24-13-8-20(16-25(24)35-3)17-30-31-26(32)18-29-27(33)22-7-5-6-19(2)15-22/h5-13,15-17H,4,14,18H2,1-3H3,(H,29,33)(H,31,32)/b30-17-. The van der Waals surface area contributed by atoms with Crippen molar-refractivity contribution in [2.45, 2.75) is 20.3 Å². The number of amides is 2. The molecule has 3 aromatic rings. The second-order valence-electron chi connectivity index (χ2n) is 8.02. The number of hydrazone groups is 1. The molecule has 0 aliphatic heterocycles. The minimum atomic E-state index is -0.540. The second kappa shape index (κ2) is 13.4. The molecule has 3 rings (SSSR count). The lowest BCUT2D eigenvalue weighted by Crippen LogP contribution is -2.34. The van der Waals surface area contributed by atoms with Crippen LogP contribution in [0.4, 0.5) is 0 Å². The zero-order chi connectivity index (χ0) is 26.6. The first-order chi connectivity index (χ1) is 17.9. The zero-order valence-electron chi connectivity index (χ0n) is 20.9. The number of hydrogen-bond donors (Lipinski definition) is 2. The van der Waals surface area contributed by atoms with Gasteiger partial charge < -0.3 is 19.5 Å². The summed E-state index contributed by atoms with van der Waals surface area (Å²) in [5, 5.41) is 6.44. The van der Waals surface area contributed by atoms with Gasteiger partial charge in [0, 0.05) is 5.56 Å². The first kappa shape index (κ1) is 26.9. The van der Waals surface area contributed by atoms with Crippen molar-refractivity contribution < 1.29 is 28.6 Å². The molecule has 2 amide bonds. The summed E-state index contributed by atoms with van der Waals surface area (Å²) in [5.74, 6) is -0.141. The lowest BCUT2D eigenvalue weighted by atomic mass is 10.1. The fourth-order valence-corrected chi connectivity index (χ4v) is 3.18. The van der Waals surface area contributed by atoms with Crippen molar-refractivity contribution in [1.82, 2.24) is 10.7 Å². The number of nitrogens with one attached hydrogen (secondary N) is 2. The number of benzene rings is 3. The van der Waals surface area contributed by atoms with Gasteiger partial charge in [-0.05, 0) is 73.5 Å². The van der Waals surface area contributed by atoms with Gasteiger partial charge in [-0.25, -0.2) is 10.2 Å². The maximum atomic E-state index is 12.5. The van der Waals surface area contributed by atoms with Gasteiger partial charge in [-0.3, -0.25) is 9.59 Å². The summed E-state index contributed by atoms with van der Waals surface area (Å²) < 4.78 is 16.3. The lowest BCUT2D eigenvalue weighted by molar-refractivity contribution is -0.120. The third kappa shape index (κ3) is 8.21. The van der Waals surface area contributed by atoms with E-state index in [0.717, 1.165) is 12.0 Å². The summed E-state index contributed by atoms with van der Waals surface area (Å²) >= 11 is 0. The molecule has 0 bridgehead atoms. The van der Waals surface area contributed by atoms with Crippen molar-refractivity contribution in [3.63, 3.8) is 0 Å². The molecule has 192 valence electrons. The number of hydrogen-bond acceptors (Lipinski definition) is 7. The Morgan fingerprint density at radius 3 is 2.43 bits per heavy atom. The van der Waals surface area contributed by atoms with Crippen molar-refractivity contribution in [2.24, 2.45) is 5.10 Å². The summed E-state index contributed by atoms with van der Waals surface area (Å²) in [6.45, 7) is 4.27. The SMILES string of the molecule is CCCOc1ccc(C(=O)Oc2ccc(/C=N\NC(=O)CNC(=O)c3cccc(C)c3)cc2OC)cc1. The lowest BCUT2D eigenvalue weighted by Gasteiger charge is -2.10. The predicted molar refractivity (Wildman–Crippen MR) is 139 cm³/mol. The van der Waals surface area contributed by atoms with Crippen LogP contribution in [-0.4, -0.2) is 44.3 Å². The van der Waals surface area contributed by atoms with Crippen molar-refractivity contribution in [3.8, 4) is 17.2 Å². The maximum absolute atomic E-state index is 12.5. The highest BCUT2D eigenvalue weighted by Gasteiger charge is 2.13. The molecule has 9 heteroatoms. The summed E-state index contributed by atoms with van der Waals surface area (Å²) in [7, 11) is 1.45. The van der Waals surface area contributed by atoms with Crippen LogP contribution >= 0.6 is 0 Å². The van der Waals surface area contributed by atoms with Gasteiger partial charge in [-0.2, -0.15) is 5.10 Å². The first-order valence-corrected chi connectivity index (χ1v) is 11.7. The minimum Gasteiger partial charge on any atom is -0.494 e. The van der Waals surface area contributed by atoms with Gasteiger partial charge in [0.15, 0.2) is 11.5 Å². The molecular weight excluding hydrogens is 474 g/mol. The van der Waals surface area contributed by atoms with Crippen LogP contribution in [-0.2, 0) is 4.79 Å². The third-order valence-corrected chi connectivity index (χ3v) is 5.05. The van der Waals surface area contributed by atoms with E-state index in [-0.39, 0.29) is 18.2 Å². The highest BCUT2D eigenvalue weighted by atomic mass is 16.6. The maximum Gasteiger partial charge on any atom is 0.343 e. The molecule has 0 radical (unpaired) electrons. The Bertz CT molecular complexity index is 1270. The Hall–Kier alpha value is -4.66. The summed E-state index contributed by atoms with van der Waals surface area (Å²) in [6.07, 6.45) is 2.30. The molecular formula is C28H29N3O6. The van der Waals surface area contributed by atoms with E-state index in [1.165, 1.54) is 13.3 Å². The monoisotopic (exact) mass is 503 g/mol. The number of nitrogens with zero attached hydrogens (tertiary/aromatic N) is 1. The van der Waals surface area contributed by atoms with Crippen molar-refractivity contribution >= 4 is 24.0 Å². The van der Waals surface area contributed by atoms with Crippen LogP contribution in [0.3, 0.4) is 0 Å². The van der Waals surface area contributed by atoms with Crippen LogP contribution in [0, 0.1) is 6.92 Å². The van der Waals surface area contributed by atoms with E-state index in [2.05, 4.69) is 15.8 Å². The average Bonchev–Trinajstić information content (AvgIpc) is 2.91. The number of carbonyl (C=O) groups excluding carboxylic acids is 3.